The first-order valence-corrected chi connectivity index (χ1v) is 5.50. The fourth-order valence-electron chi connectivity index (χ4n) is 1.87. The van der Waals surface area contributed by atoms with Gasteiger partial charge in [0.15, 0.2) is 0 Å². The fraction of sp³-hybridized carbons (Fsp3) is 0.214. The molecule has 0 amide bonds. The molecule has 0 saturated heterocycles. The second kappa shape index (κ2) is 5.06. The van der Waals surface area contributed by atoms with Crippen molar-refractivity contribution in [3.05, 3.63) is 65.2 Å². The number of hydrogen-bond donors (Lipinski definition) is 1. The molecule has 1 heterocycles. The molecule has 2 aromatic rings. The minimum Gasteiger partial charge on any atom is -0.388 e. The molecule has 0 fully saturated rings. The number of rotatable bonds is 3. The van der Waals surface area contributed by atoms with Crippen LogP contribution in [0.2, 0.25) is 0 Å². The molecule has 17 heavy (non-hydrogen) atoms. The summed E-state index contributed by atoms with van der Waals surface area (Å²) >= 11 is 0. The number of aliphatic hydroxyl groups excluding tert-OH is 1. The molecule has 0 radical (unpaired) electrons. The normalized spacial score (nSPS) is 12.4. The standard InChI is InChI=1S/C14H14FNO/c1-10-7-12(15)4-5-13(10)14(17)8-11-3-2-6-16-9-11/h2-7,9,14,17H,8H2,1H3. The quantitative estimate of drug-likeness (QED) is 0.881. The Hall–Kier alpha value is -1.74. The molecule has 1 N–H and O–H groups in total. The van der Waals surface area contributed by atoms with Gasteiger partial charge in [-0.3, -0.25) is 4.98 Å². The number of halogens is 1. The van der Waals surface area contributed by atoms with E-state index in [4.69, 9.17) is 0 Å². The van der Waals surface area contributed by atoms with Crippen molar-refractivity contribution in [2.75, 3.05) is 0 Å². The first-order chi connectivity index (χ1) is 8.16. The van der Waals surface area contributed by atoms with Crippen LogP contribution in [-0.4, -0.2) is 10.1 Å². The van der Waals surface area contributed by atoms with Crippen LogP contribution in [0, 0.1) is 12.7 Å². The van der Waals surface area contributed by atoms with Crippen LogP contribution in [0.15, 0.2) is 42.7 Å². The summed E-state index contributed by atoms with van der Waals surface area (Å²) in [6, 6.07) is 8.18. The van der Waals surface area contributed by atoms with E-state index in [0.29, 0.717) is 6.42 Å². The maximum Gasteiger partial charge on any atom is 0.123 e. The predicted molar refractivity (Wildman–Crippen MR) is 64.0 cm³/mol. The molecule has 0 aliphatic heterocycles. The molecule has 1 aromatic heterocycles. The smallest absolute Gasteiger partial charge is 0.123 e. The van der Waals surface area contributed by atoms with E-state index in [1.165, 1.54) is 12.1 Å². The van der Waals surface area contributed by atoms with E-state index < -0.39 is 6.10 Å². The Morgan fingerprint density at radius 2 is 2.18 bits per heavy atom. The zero-order valence-corrected chi connectivity index (χ0v) is 9.60. The van der Waals surface area contributed by atoms with Gasteiger partial charge in [-0.2, -0.15) is 0 Å². The summed E-state index contributed by atoms with van der Waals surface area (Å²) in [4.78, 5) is 4.00. The highest BCUT2D eigenvalue weighted by Crippen LogP contribution is 2.21. The van der Waals surface area contributed by atoms with Gasteiger partial charge in [-0.05, 0) is 41.8 Å². The molecule has 1 atom stereocenters. The average Bonchev–Trinajstić information content (AvgIpc) is 2.30. The molecule has 0 saturated carbocycles. The number of aromatic nitrogens is 1. The van der Waals surface area contributed by atoms with Crippen LogP contribution >= 0.6 is 0 Å². The second-order valence-electron chi connectivity index (χ2n) is 4.08. The Morgan fingerprint density at radius 3 is 2.82 bits per heavy atom. The third-order valence-corrected chi connectivity index (χ3v) is 2.74. The Labute approximate surface area is 99.8 Å². The molecular weight excluding hydrogens is 217 g/mol. The SMILES string of the molecule is Cc1cc(F)ccc1C(O)Cc1cccnc1. The summed E-state index contributed by atoms with van der Waals surface area (Å²) in [7, 11) is 0. The summed E-state index contributed by atoms with van der Waals surface area (Å²) in [5.41, 5.74) is 2.49. The minimum atomic E-state index is -0.625. The van der Waals surface area contributed by atoms with Crippen LogP contribution in [0.4, 0.5) is 4.39 Å². The van der Waals surface area contributed by atoms with Gasteiger partial charge in [-0.1, -0.05) is 12.1 Å². The predicted octanol–water partition coefficient (Wildman–Crippen LogP) is 2.81. The highest BCUT2D eigenvalue weighted by Gasteiger charge is 2.11. The lowest BCUT2D eigenvalue weighted by Gasteiger charge is -2.13. The van der Waals surface area contributed by atoms with E-state index in [1.54, 1.807) is 25.4 Å². The molecule has 3 heteroatoms. The Morgan fingerprint density at radius 1 is 1.35 bits per heavy atom. The number of nitrogens with zero attached hydrogens (tertiary/aromatic N) is 1. The van der Waals surface area contributed by atoms with Crippen molar-refractivity contribution in [2.24, 2.45) is 0 Å². The average molecular weight is 231 g/mol. The van der Waals surface area contributed by atoms with Gasteiger partial charge in [0, 0.05) is 18.8 Å². The zero-order chi connectivity index (χ0) is 12.3. The molecule has 0 aliphatic carbocycles. The number of aryl methyl sites for hydroxylation is 1. The van der Waals surface area contributed by atoms with Crippen molar-refractivity contribution in [2.45, 2.75) is 19.4 Å². The molecule has 0 spiro atoms. The minimum absolute atomic E-state index is 0.278. The maximum absolute atomic E-state index is 12.9. The van der Waals surface area contributed by atoms with E-state index in [2.05, 4.69) is 4.98 Å². The van der Waals surface area contributed by atoms with Crippen molar-refractivity contribution >= 4 is 0 Å². The third-order valence-electron chi connectivity index (χ3n) is 2.74. The largest absolute Gasteiger partial charge is 0.388 e. The van der Waals surface area contributed by atoms with E-state index in [0.717, 1.165) is 16.7 Å². The van der Waals surface area contributed by atoms with Crippen molar-refractivity contribution in [3.63, 3.8) is 0 Å². The van der Waals surface area contributed by atoms with E-state index in [-0.39, 0.29) is 5.82 Å². The Bertz CT molecular complexity index is 499. The molecule has 0 bridgehead atoms. The summed E-state index contributed by atoms with van der Waals surface area (Å²) in [5, 5.41) is 10.1. The van der Waals surface area contributed by atoms with E-state index in [1.807, 2.05) is 12.1 Å². The number of benzene rings is 1. The number of hydrogen-bond acceptors (Lipinski definition) is 2. The lowest BCUT2D eigenvalue weighted by molar-refractivity contribution is 0.177. The second-order valence-corrected chi connectivity index (χ2v) is 4.08. The van der Waals surface area contributed by atoms with Crippen LogP contribution in [0.5, 0.6) is 0 Å². The maximum atomic E-state index is 12.9. The Balaban J connectivity index is 2.17. The van der Waals surface area contributed by atoms with Crippen molar-refractivity contribution in [1.82, 2.24) is 4.98 Å². The fourth-order valence-corrected chi connectivity index (χ4v) is 1.87. The van der Waals surface area contributed by atoms with Gasteiger partial charge < -0.3 is 5.11 Å². The summed E-state index contributed by atoms with van der Waals surface area (Å²) in [6.45, 7) is 1.80. The van der Waals surface area contributed by atoms with E-state index >= 15 is 0 Å². The number of aliphatic hydroxyl groups is 1. The van der Waals surface area contributed by atoms with Crippen molar-refractivity contribution in [3.8, 4) is 0 Å². The molecule has 1 unspecified atom stereocenters. The van der Waals surface area contributed by atoms with Gasteiger partial charge >= 0.3 is 0 Å². The van der Waals surface area contributed by atoms with Gasteiger partial charge in [0.25, 0.3) is 0 Å². The van der Waals surface area contributed by atoms with Crippen LogP contribution in [0.3, 0.4) is 0 Å². The summed E-state index contributed by atoms with van der Waals surface area (Å²) < 4.78 is 12.9. The Kier molecular flexibility index (Phi) is 3.49. The summed E-state index contributed by atoms with van der Waals surface area (Å²) in [5.74, 6) is -0.278. The molecule has 88 valence electrons. The van der Waals surface area contributed by atoms with Crippen molar-refractivity contribution < 1.29 is 9.50 Å². The lowest BCUT2D eigenvalue weighted by Crippen LogP contribution is -2.04. The lowest BCUT2D eigenvalue weighted by atomic mass is 9.98. The zero-order valence-electron chi connectivity index (χ0n) is 9.60. The molecular formula is C14H14FNO. The van der Waals surface area contributed by atoms with Gasteiger partial charge in [0.1, 0.15) is 5.82 Å². The van der Waals surface area contributed by atoms with Crippen LogP contribution in [-0.2, 0) is 6.42 Å². The van der Waals surface area contributed by atoms with Gasteiger partial charge in [-0.15, -0.1) is 0 Å². The monoisotopic (exact) mass is 231 g/mol. The highest BCUT2D eigenvalue weighted by atomic mass is 19.1. The van der Waals surface area contributed by atoms with Crippen LogP contribution in [0.25, 0.3) is 0 Å². The van der Waals surface area contributed by atoms with Gasteiger partial charge in [-0.25, -0.2) is 4.39 Å². The first kappa shape index (κ1) is 11.7. The first-order valence-electron chi connectivity index (χ1n) is 5.50. The topological polar surface area (TPSA) is 33.1 Å². The van der Waals surface area contributed by atoms with Crippen molar-refractivity contribution in [1.29, 1.82) is 0 Å². The number of pyridine rings is 1. The third kappa shape index (κ3) is 2.88. The van der Waals surface area contributed by atoms with Crippen LogP contribution < -0.4 is 0 Å². The molecule has 1 aromatic carbocycles. The van der Waals surface area contributed by atoms with E-state index in [9.17, 15) is 9.50 Å². The highest BCUT2D eigenvalue weighted by molar-refractivity contribution is 5.29. The molecule has 2 rings (SSSR count). The van der Waals surface area contributed by atoms with Crippen LogP contribution in [0.1, 0.15) is 22.8 Å². The van der Waals surface area contributed by atoms with Gasteiger partial charge in [0.2, 0.25) is 0 Å². The van der Waals surface area contributed by atoms with Gasteiger partial charge in [0.05, 0.1) is 6.10 Å². The summed E-state index contributed by atoms with van der Waals surface area (Å²) in [6.07, 6.45) is 3.28. The molecule has 2 nitrogen and oxygen atoms in total. The molecule has 0 aliphatic rings.